The van der Waals surface area contributed by atoms with Crippen LogP contribution in [-0.2, 0) is 11.2 Å². The number of aromatic amines is 1. The van der Waals surface area contributed by atoms with E-state index >= 15 is 0 Å². The van der Waals surface area contributed by atoms with E-state index in [0.717, 1.165) is 16.9 Å². The van der Waals surface area contributed by atoms with Crippen molar-refractivity contribution in [3.63, 3.8) is 0 Å². The lowest BCUT2D eigenvalue weighted by Gasteiger charge is -2.16. The first kappa shape index (κ1) is 17.6. The Bertz CT molecular complexity index is 996. The van der Waals surface area contributed by atoms with Crippen molar-refractivity contribution in [3.05, 3.63) is 63.4 Å². The van der Waals surface area contributed by atoms with E-state index in [2.05, 4.69) is 20.7 Å². The van der Waals surface area contributed by atoms with Gasteiger partial charge in [0, 0.05) is 0 Å². The molecule has 1 aromatic heterocycles. The Labute approximate surface area is 150 Å². The van der Waals surface area contributed by atoms with Crippen LogP contribution in [0.5, 0.6) is 5.75 Å². The number of benzene rings is 2. The molecule has 7 nitrogen and oxygen atoms in total. The summed E-state index contributed by atoms with van der Waals surface area (Å²) in [6.07, 6.45) is 0.0957. The Morgan fingerprint density at radius 1 is 1.23 bits per heavy atom. The van der Waals surface area contributed by atoms with E-state index in [-0.39, 0.29) is 23.9 Å². The lowest BCUT2D eigenvalue weighted by Crippen LogP contribution is -2.29. The van der Waals surface area contributed by atoms with Crippen molar-refractivity contribution in [2.45, 2.75) is 26.3 Å². The highest BCUT2D eigenvalue weighted by Crippen LogP contribution is 2.20. The Morgan fingerprint density at radius 3 is 2.65 bits per heavy atom. The molecule has 1 amide bonds. The first-order valence-electron chi connectivity index (χ1n) is 8.26. The van der Waals surface area contributed by atoms with Gasteiger partial charge >= 0.3 is 0 Å². The standard InChI is InChI=1S/C19H20N4O3/c1-11-4-9-16-18(19(25)22-23-21-16)15(11)10-17(24)20-12(2)13-5-7-14(26-3)8-6-13/h4-9,12H,10H2,1-3H3,(H,20,24)(H,21,22,25)/t12-/m0/s1. The fraction of sp³-hybridized carbons (Fsp3) is 0.263. The molecule has 3 aromatic rings. The van der Waals surface area contributed by atoms with Crippen molar-refractivity contribution in [1.82, 2.24) is 20.7 Å². The van der Waals surface area contributed by atoms with E-state index in [9.17, 15) is 9.59 Å². The highest BCUT2D eigenvalue weighted by atomic mass is 16.5. The molecular formula is C19H20N4O3. The molecule has 0 spiro atoms. The van der Waals surface area contributed by atoms with E-state index in [1.165, 1.54) is 0 Å². The lowest BCUT2D eigenvalue weighted by atomic mass is 10.00. The Morgan fingerprint density at radius 2 is 1.96 bits per heavy atom. The number of carbonyl (C=O) groups excluding carboxylic acids is 1. The van der Waals surface area contributed by atoms with Gasteiger partial charge in [0.25, 0.3) is 5.56 Å². The molecule has 7 heteroatoms. The first-order valence-corrected chi connectivity index (χ1v) is 8.26. The van der Waals surface area contributed by atoms with E-state index in [1.807, 2.05) is 44.2 Å². The molecule has 134 valence electrons. The zero-order valence-corrected chi connectivity index (χ0v) is 14.9. The number of nitrogens with one attached hydrogen (secondary N) is 2. The molecule has 0 aliphatic heterocycles. The van der Waals surface area contributed by atoms with Crippen molar-refractivity contribution in [1.29, 1.82) is 0 Å². The van der Waals surface area contributed by atoms with Crippen LogP contribution in [0.2, 0.25) is 0 Å². The highest BCUT2D eigenvalue weighted by Gasteiger charge is 2.16. The van der Waals surface area contributed by atoms with E-state index in [0.29, 0.717) is 16.5 Å². The Balaban J connectivity index is 1.81. The normalized spacial score (nSPS) is 12.0. The average molecular weight is 352 g/mol. The molecule has 0 bridgehead atoms. The molecule has 0 fully saturated rings. The lowest BCUT2D eigenvalue weighted by molar-refractivity contribution is -0.121. The number of amides is 1. The minimum Gasteiger partial charge on any atom is -0.497 e. The second kappa shape index (κ2) is 7.35. The topological polar surface area (TPSA) is 97.0 Å². The molecular weight excluding hydrogens is 332 g/mol. The third-order valence-electron chi connectivity index (χ3n) is 4.39. The van der Waals surface area contributed by atoms with Gasteiger partial charge < -0.3 is 10.1 Å². The van der Waals surface area contributed by atoms with Gasteiger partial charge in [-0.3, -0.25) is 9.59 Å². The van der Waals surface area contributed by atoms with Crippen LogP contribution in [0, 0.1) is 6.92 Å². The minimum absolute atomic E-state index is 0.0957. The van der Waals surface area contributed by atoms with Gasteiger partial charge in [-0.05, 0) is 48.7 Å². The van der Waals surface area contributed by atoms with Crippen molar-refractivity contribution in [2.75, 3.05) is 7.11 Å². The molecule has 0 aliphatic carbocycles. The number of H-pyrrole nitrogens is 1. The molecule has 2 aromatic carbocycles. The van der Waals surface area contributed by atoms with Crippen LogP contribution < -0.4 is 15.6 Å². The number of rotatable bonds is 5. The van der Waals surface area contributed by atoms with Crippen molar-refractivity contribution in [2.24, 2.45) is 0 Å². The quantitative estimate of drug-likeness (QED) is 0.732. The number of aromatic nitrogens is 3. The summed E-state index contributed by atoms with van der Waals surface area (Å²) in [7, 11) is 1.61. The number of methoxy groups -OCH3 is 1. The molecule has 0 radical (unpaired) electrons. The van der Waals surface area contributed by atoms with Gasteiger partial charge in [-0.2, -0.15) is 0 Å². The van der Waals surface area contributed by atoms with Crippen LogP contribution in [0.15, 0.2) is 41.2 Å². The third-order valence-corrected chi connectivity index (χ3v) is 4.39. The second-order valence-electron chi connectivity index (χ2n) is 6.14. The zero-order valence-electron chi connectivity index (χ0n) is 14.9. The van der Waals surface area contributed by atoms with Crippen molar-refractivity contribution in [3.8, 4) is 5.75 Å². The molecule has 3 rings (SSSR count). The molecule has 26 heavy (non-hydrogen) atoms. The maximum absolute atomic E-state index is 12.5. The Kier molecular flexibility index (Phi) is 4.97. The number of fused-ring (bicyclic) bond motifs is 1. The SMILES string of the molecule is COc1ccc([C@H](C)NC(=O)Cc2c(C)ccc3nn[nH]c(=O)c23)cc1. The van der Waals surface area contributed by atoms with E-state index < -0.39 is 0 Å². The van der Waals surface area contributed by atoms with Crippen LogP contribution in [0.3, 0.4) is 0 Å². The van der Waals surface area contributed by atoms with Crippen LogP contribution in [0.1, 0.15) is 29.7 Å². The molecule has 1 heterocycles. The number of nitrogens with zero attached hydrogens (tertiary/aromatic N) is 2. The monoisotopic (exact) mass is 352 g/mol. The average Bonchev–Trinajstić information content (AvgIpc) is 2.64. The van der Waals surface area contributed by atoms with Crippen LogP contribution in [0.4, 0.5) is 0 Å². The summed E-state index contributed by atoms with van der Waals surface area (Å²) >= 11 is 0. The second-order valence-corrected chi connectivity index (χ2v) is 6.14. The van der Waals surface area contributed by atoms with Gasteiger partial charge in [0.15, 0.2) is 0 Å². The molecule has 0 saturated carbocycles. The van der Waals surface area contributed by atoms with Crippen LogP contribution >= 0.6 is 0 Å². The summed E-state index contributed by atoms with van der Waals surface area (Å²) in [4.78, 5) is 24.7. The summed E-state index contributed by atoms with van der Waals surface area (Å²) in [6.45, 7) is 3.78. The fourth-order valence-corrected chi connectivity index (χ4v) is 2.91. The molecule has 0 saturated heterocycles. The number of hydrogen-bond acceptors (Lipinski definition) is 5. The summed E-state index contributed by atoms with van der Waals surface area (Å²) in [5.74, 6) is 0.596. The van der Waals surface area contributed by atoms with Gasteiger partial charge in [-0.1, -0.05) is 23.4 Å². The number of hydrogen-bond donors (Lipinski definition) is 2. The Hall–Kier alpha value is -3.22. The zero-order chi connectivity index (χ0) is 18.7. The van der Waals surface area contributed by atoms with Gasteiger partial charge in [0.1, 0.15) is 11.3 Å². The summed E-state index contributed by atoms with van der Waals surface area (Å²) in [5.41, 5.74) is 2.63. The summed E-state index contributed by atoms with van der Waals surface area (Å²) < 4.78 is 5.14. The predicted octanol–water partition coefficient (Wildman–Crippen LogP) is 2.06. The maximum Gasteiger partial charge on any atom is 0.275 e. The maximum atomic E-state index is 12.5. The number of ether oxygens (including phenoxy) is 1. The molecule has 1 atom stereocenters. The van der Waals surface area contributed by atoms with Gasteiger partial charge in [-0.25, -0.2) is 5.10 Å². The van der Waals surface area contributed by atoms with Gasteiger partial charge in [0.2, 0.25) is 5.91 Å². The minimum atomic E-state index is -0.343. The number of aryl methyl sites for hydroxylation is 1. The van der Waals surface area contributed by atoms with Gasteiger partial charge in [0.05, 0.1) is 25.0 Å². The summed E-state index contributed by atoms with van der Waals surface area (Å²) in [5, 5.41) is 13.2. The van der Waals surface area contributed by atoms with Crippen LogP contribution in [0.25, 0.3) is 10.9 Å². The van der Waals surface area contributed by atoms with Crippen LogP contribution in [-0.4, -0.2) is 28.4 Å². The number of carbonyl (C=O) groups is 1. The molecule has 0 unspecified atom stereocenters. The van der Waals surface area contributed by atoms with Crippen molar-refractivity contribution < 1.29 is 9.53 Å². The smallest absolute Gasteiger partial charge is 0.275 e. The van der Waals surface area contributed by atoms with E-state index in [4.69, 9.17) is 4.74 Å². The third kappa shape index (κ3) is 3.56. The van der Waals surface area contributed by atoms with Crippen molar-refractivity contribution >= 4 is 16.8 Å². The molecule has 2 N–H and O–H groups in total. The summed E-state index contributed by atoms with van der Waals surface area (Å²) in [6, 6.07) is 10.9. The predicted molar refractivity (Wildman–Crippen MR) is 98.2 cm³/mol. The highest BCUT2D eigenvalue weighted by molar-refractivity contribution is 5.88. The van der Waals surface area contributed by atoms with E-state index in [1.54, 1.807) is 13.2 Å². The largest absolute Gasteiger partial charge is 0.497 e. The van der Waals surface area contributed by atoms with Gasteiger partial charge in [-0.15, -0.1) is 5.10 Å². The molecule has 0 aliphatic rings. The first-order chi connectivity index (χ1) is 12.5. The fourth-order valence-electron chi connectivity index (χ4n) is 2.91.